The summed E-state index contributed by atoms with van der Waals surface area (Å²) in [5.74, 6) is 0. The highest BCUT2D eigenvalue weighted by Gasteiger charge is 2.52. The number of likely N-dealkylation sites (tertiary alicyclic amines) is 1. The van der Waals surface area contributed by atoms with Gasteiger partial charge in [0.05, 0.1) is 17.7 Å². The quantitative estimate of drug-likeness (QED) is 0.766. The molecule has 0 saturated carbocycles. The lowest BCUT2D eigenvalue weighted by Gasteiger charge is -2.32. The van der Waals surface area contributed by atoms with Gasteiger partial charge in [0.2, 0.25) is 0 Å². The molecule has 0 aliphatic carbocycles. The van der Waals surface area contributed by atoms with Gasteiger partial charge in [0.1, 0.15) is 0 Å². The Kier molecular flexibility index (Phi) is 3.43. The van der Waals surface area contributed by atoms with Crippen LogP contribution in [-0.2, 0) is 15.9 Å². The molecule has 110 valence electrons. The average Bonchev–Trinajstić information content (AvgIpc) is 2.81. The maximum Gasteiger partial charge on any atom is 0.498 e. The predicted molar refractivity (Wildman–Crippen MR) is 79.0 cm³/mol. The molecule has 0 spiro atoms. The van der Waals surface area contributed by atoms with Crippen LogP contribution >= 0.6 is 0 Å². The van der Waals surface area contributed by atoms with E-state index in [1.165, 1.54) is 19.5 Å². The molecule has 0 bridgehead atoms. The van der Waals surface area contributed by atoms with Gasteiger partial charge in [0.15, 0.2) is 0 Å². The van der Waals surface area contributed by atoms with Gasteiger partial charge in [-0.2, -0.15) is 5.10 Å². The van der Waals surface area contributed by atoms with E-state index in [4.69, 9.17) is 9.31 Å². The van der Waals surface area contributed by atoms with Gasteiger partial charge in [-0.1, -0.05) is 0 Å². The monoisotopic (exact) mass is 277 g/mol. The summed E-state index contributed by atoms with van der Waals surface area (Å²) in [7, 11) is -0.308. The van der Waals surface area contributed by atoms with E-state index in [0.717, 1.165) is 18.6 Å². The lowest BCUT2D eigenvalue weighted by atomic mass is 9.82. The standard InChI is InChI=1S/C14H24BN3O2/c1-13(2)14(3,4)20-15(19-13)12-10-16-18(11-12)9-8-17-6-5-7-17/h10-11H,5-9H2,1-4H3. The third kappa shape index (κ3) is 2.52. The first kappa shape index (κ1) is 14.1. The molecule has 0 N–H and O–H groups in total. The number of hydrogen-bond donors (Lipinski definition) is 0. The molecule has 2 aliphatic rings. The van der Waals surface area contributed by atoms with Gasteiger partial charge in [-0.25, -0.2) is 0 Å². The molecule has 3 heterocycles. The summed E-state index contributed by atoms with van der Waals surface area (Å²) in [5, 5.41) is 4.42. The zero-order chi connectivity index (χ0) is 14.4. The topological polar surface area (TPSA) is 39.5 Å². The second kappa shape index (κ2) is 4.86. The molecule has 0 unspecified atom stereocenters. The van der Waals surface area contributed by atoms with Crippen LogP contribution in [0.1, 0.15) is 34.1 Å². The highest BCUT2D eigenvalue weighted by atomic mass is 16.7. The van der Waals surface area contributed by atoms with Crippen LogP contribution < -0.4 is 5.46 Å². The molecule has 0 atom stereocenters. The molecule has 2 saturated heterocycles. The first-order valence-corrected chi connectivity index (χ1v) is 7.48. The molecular weight excluding hydrogens is 253 g/mol. The minimum absolute atomic E-state index is 0.294. The van der Waals surface area contributed by atoms with Crippen molar-refractivity contribution in [2.45, 2.75) is 51.9 Å². The molecule has 1 aromatic rings. The van der Waals surface area contributed by atoms with Crippen LogP contribution in [0, 0.1) is 0 Å². The molecule has 5 nitrogen and oxygen atoms in total. The first-order chi connectivity index (χ1) is 9.37. The second-order valence-electron chi connectivity index (χ2n) is 6.82. The summed E-state index contributed by atoms with van der Waals surface area (Å²) in [6.45, 7) is 12.7. The Labute approximate surface area is 121 Å². The molecule has 3 rings (SSSR count). The highest BCUT2D eigenvalue weighted by Crippen LogP contribution is 2.36. The van der Waals surface area contributed by atoms with Crippen LogP contribution in [0.25, 0.3) is 0 Å². The number of hydrogen-bond acceptors (Lipinski definition) is 4. The summed E-state index contributed by atoms with van der Waals surface area (Å²) in [5.41, 5.74) is 0.418. The van der Waals surface area contributed by atoms with Crippen molar-refractivity contribution in [1.29, 1.82) is 0 Å². The molecule has 2 fully saturated rings. The van der Waals surface area contributed by atoms with Gasteiger partial charge < -0.3 is 14.2 Å². The molecule has 0 amide bonds. The summed E-state index contributed by atoms with van der Waals surface area (Å²) in [6, 6.07) is 0. The zero-order valence-electron chi connectivity index (χ0n) is 12.9. The van der Waals surface area contributed by atoms with Gasteiger partial charge >= 0.3 is 7.12 Å². The van der Waals surface area contributed by atoms with Crippen molar-refractivity contribution in [1.82, 2.24) is 14.7 Å². The fourth-order valence-electron chi connectivity index (χ4n) is 2.45. The maximum atomic E-state index is 6.04. The maximum absolute atomic E-state index is 6.04. The molecule has 0 radical (unpaired) electrons. The van der Waals surface area contributed by atoms with E-state index in [2.05, 4.69) is 37.7 Å². The summed E-state index contributed by atoms with van der Waals surface area (Å²) in [4.78, 5) is 2.44. The lowest BCUT2D eigenvalue weighted by molar-refractivity contribution is 0.00578. The van der Waals surface area contributed by atoms with Crippen LogP contribution in [-0.4, -0.2) is 52.6 Å². The van der Waals surface area contributed by atoms with Crippen molar-refractivity contribution in [2.75, 3.05) is 19.6 Å². The van der Waals surface area contributed by atoms with Crippen LogP contribution in [0.5, 0.6) is 0 Å². The third-order valence-electron chi connectivity index (χ3n) is 4.77. The summed E-state index contributed by atoms with van der Waals surface area (Å²) in [6.07, 6.45) is 5.23. The molecule has 2 aliphatic heterocycles. The fourth-order valence-corrected chi connectivity index (χ4v) is 2.45. The molecule has 0 aromatic carbocycles. The Hall–Kier alpha value is -0.845. The Morgan fingerprint density at radius 1 is 1.15 bits per heavy atom. The van der Waals surface area contributed by atoms with Crippen LogP contribution in [0.4, 0.5) is 0 Å². The Bertz CT molecular complexity index is 467. The van der Waals surface area contributed by atoms with E-state index >= 15 is 0 Å². The second-order valence-corrected chi connectivity index (χ2v) is 6.82. The van der Waals surface area contributed by atoms with Gasteiger partial charge in [0, 0.05) is 24.4 Å². The minimum Gasteiger partial charge on any atom is -0.399 e. The summed E-state index contributed by atoms with van der Waals surface area (Å²) >= 11 is 0. The van der Waals surface area contributed by atoms with Crippen molar-refractivity contribution in [2.24, 2.45) is 0 Å². The normalized spacial score (nSPS) is 24.9. The fraction of sp³-hybridized carbons (Fsp3) is 0.786. The van der Waals surface area contributed by atoms with Gasteiger partial charge in [0.25, 0.3) is 0 Å². The SMILES string of the molecule is CC1(C)OB(c2cnn(CCN3CCC3)c2)OC1(C)C. The van der Waals surface area contributed by atoms with Crippen LogP contribution in [0.3, 0.4) is 0 Å². The Morgan fingerprint density at radius 3 is 2.35 bits per heavy atom. The number of rotatable bonds is 4. The van der Waals surface area contributed by atoms with E-state index in [1.54, 1.807) is 0 Å². The average molecular weight is 277 g/mol. The Morgan fingerprint density at radius 2 is 1.80 bits per heavy atom. The van der Waals surface area contributed by atoms with Gasteiger partial charge in [-0.15, -0.1) is 0 Å². The third-order valence-corrected chi connectivity index (χ3v) is 4.77. The van der Waals surface area contributed by atoms with E-state index < -0.39 is 0 Å². The Balaban J connectivity index is 1.62. The van der Waals surface area contributed by atoms with E-state index in [1.807, 2.05) is 17.1 Å². The van der Waals surface area contributed by atoms with E-state index in [9.17, 15) is 0 Å². The zero-order valence-corrected chi connectivity index (χ0v) is 12.9. The van der Waals surface area contributed by atoms with Crippen molar-refractivity contribution in [3.05, 3.63) is 12.4 Å². The molecular formula is C14H24BN3O2. The minimum atomic E-state index is -0.308. The van der Waals surface area contributed by atoms with E-state index in [-0.39, 0.29) is 18.3 Å². The summed E-state index contributed by atoms with van der Waals surface area (Å²) < 4.78 is 14.1. The van der Waals surface area contributed by atoms with Crippen LogP contribution in [0.15, 0.2) is 12.4 Å². The molecule has 1 aromatic heterocycles. The molecule has 20 heavy (non-hydrogen) atoms. The number of nitrogens with zero attached hydrogens (tertiary/aromatic N) is 3. The van der Waals surface area contributed by atoms with Crippen molar-refractivity contribution < 1.29 is 9.31 Å². The lowest BCUT2D eigenvalue weighted by Crippen LogP contribution is -2.41. The number of aromatic nitrogens is 2. The molecule has 6 heteroatoms. The van der Waals surface area contributed by atoms with Crippen molar-refractivity contribution >= 4 is 12.6 Å². The van der Waals surface area contributed by atoms with Crippen molar-refractivity contribution in [3.63, 3.8) is 0 Å². The van der Waals surface area contributed by atoms with Crippen LogP contribution in [0.2, 0.25) is 0 Å². The highest BCUT2D eigenvalue weighted by molar-refractivity contribution is 6.61. The largest absolute Gasteiger partial charge is 0.498 e. The van der Waals surface area contributed by atoms with Crippen molar-refractivity contribution in [3.8, 4) is 0 Å². The first-order valence-electron chi connectivity index (χ1n) is 7.48. The smallest absolute Gasteiger partial charge is 0.399 e. The predicted octanol–water partition coefficient (Wildman–Crippen LogP) is 0.888. The van der Waals surface area contributed by atoms with Gasteiger partial charge in [-0.3, -0.25) is 4.68 Å². The van der Waals surface area contributed by atoms with Gasteiger partial charge in [-0.05, 0) is 47.2 Å². The van der Waals surface area contributed by atoms with E-state index in [0.29, 0.717) is 0 Å².